The van der Waals surface area contributed by atoms with Gasteiger partial charge in [-0.2, -0.15) is 0 Å². The van der Waals surface area contributed by atoms with Crippen molar-refractivity contribution >= 4 is 17.7 Å². The maximum atomic E-state index is 11.9. The lowest BCUT2D eigenvalue weighted by Crippen LogP contribution is -2.07. The molecular weight excluding hydrogens is 270 g/mol. The molecule has 2 aromatic rings. The van der Waals surface area contributed by atoms with Gasteiger partial charge in [0, 0.05) is 11.8 Å². The summed E-state index contributed by atoms with van der Waals surface area (Å²) in [6, 6.07) is 16.1. The lowest BCUT2D eigenvalue weighted by Gasteiger charge is -2.09. The first-order valence-electron chi connectivity index (χ1n) is 7.74. The van der Waals surface area contributed by atoms with Crippen molar-refractivity contribution in [2.75, 3.05) is 5.32 Å². The predicted octanol–water partition coefficient (Wildman–Crippen LogP) is 5.16. The first-order chi connectivity index (χ1) is 10.6. The third-order valence-electron chi connectivity index (χ3n) is 3.86. The SMILES string of the molecule is CCC(C)c1ccc(NC(=O)/C=C\c2ccc(C)cc2)cc1. The van der Waals surface area contributed by atoms with E-state index in [1.165, 1.54) is 11.1 Å². The summed E-state index contributed by atoms with van der Waals surface area (Å²) in [7, 11) is 0. The van der Waals surface area contributed by atoms with Crippen LogP contribution < -0.4 is 5.32 Å². The van der Waals surface area contributed by atoms with E-state index in [9.17, 15) is 4.79 Å². The van der Waals surface area contributed by atoms with Gasteiger partial charge in [-0.25, -0.2) is 0 Å². The molecule has 0 fully saturated rings. The number of hydrogen-bond donors (Lipinski definition) is 1. The van der Waals surface area contributed by atoms with Crippen molar-refractivity contribution in [2.45, 2.75) is 33.1 Å². The number of carbonyl (C=O) groups excluding carboxylic acids is 1. The summed E-state index contributed by atoms with van der Waals surface area (Å²) in [5.41, 5.74) is 4.36. The van der Waals surface area contributed by atoms with E-state index in [0.29, 0.717) is 5.92 Å². The maximum Gasteiger partial charge on any atom is 0.248 e. The van der Waals surface area contributed by atoms with Gasteiger partial charge in [-0.15, -0.1) is 0 Å². The average Bonchev–Trinajstić information content (AvgIpc) is 2.54. The van der Waals surface area contributed by atoms with E-state index in [2.05, 4.69) is 31.3 Å². The molecule has 2 rings (SSSR count). The van der Waals surface area contributed by atoms with Crippen LogP contribution in [0.2, 0.25) is 0 Å². The van der Waals surface area contributed by atoms with Crippen LogP contribution in [0.3, 0.4) is 0 Å². The lowest BCUT2D eigenvalue weighted by atomic mass is 9.99. The second-order valence-electron chi connectivity index (χ2n) is 5.66. The Labute approximate surface area is 132 Å². The molecule has 0 bridgehead atoms. The Bertz CT molecular complexity index is 638. The zero-order chi connectivity index (χ0) is 15.9. The van der Waals surface area contributed by atoms with E-state index >= 15 is 0 Å². The molecule has 0 aliphatic rings. The molecule has 0 aliphatic carbocycles. The van der Waals surface area contributed by atoms with Gasteiger partial charge in [0.2, 0.25) is 5.91 Å². The van der Waals surface area contributed by atoms with Crippen LogP contribution in [0, 0.1) is 6.92 Å². The number of hydrogen-bond acceptors (Lipinski definition) is 1. The fourth-order valence-corrected chi connectivity index (χ4v) is 2.16. The monoisotopic (exact) mass is 293 g/mol. The van der Waals surface area contributed by atoms with E-state index in [1.807, 2.05) is 49.4 Å². The second-order valence-corrected chi connectivity index (χ2v) is 5.66. The Morgan fingerprint density at radius 2 is 1.73 bits per heavy atom. The summed E-state index contributed by atoms with van der Waals surface area (Å²) < 4.78 is 0. The Morgan fingerprint density at radius 1 is 1.09 bits per heavy atom. The van der Waals surface area contributed by atoms with Crippen LogP contribution >= 0.6 is 0 Å². The number of rotatable bonds is 5. The summed E-state index contributed by atoms with van der Waals surface area (Å²) >= 11 is 0. The van der Waals surface area contributed by atoms with Gasteiger partial charge in [-0.05, 0) is 48.6 Å². The maximum absolute atomic E-state index is 11.9. The molecule has 0 aliphatic heterocycles. The van der Waals surface area contributed by atoms with Gasteiger partial charge in [0.15, 0.2) is 0 Å². The second kappa shape index (κ2) is 7.60. The fraction of sp³-hybridized carbons (Fsp3) is 0.250. The number of carbonyl (C=O) groups is 1. The van der Waals surface area contributed by atoms with Crippen molar-refractivity contribution in [3.63, 3.8) is 0 Å². The standard InChI is InChI=1S/C20H23NO/c1-4-16(3)18-10-12-19(13-11-18)21-20(22)14-9-17-7-5-15(2)6-8-17/h5-14,16H,4H2,1-3H3,(H,21,22)/b14-9-. The molecule has 22 heavy (non-hydrogen) atoms. The number of amides is 1. The molecule has 114 valence electrons. The van der Waals surface area contributed by atoms with E-state index in [-0.39, 0.29) is 5.91 Å². The Hall–Kier alpha value is -2.35. The lowest BCUT2D eigenvalue weighted by molar-refractivity contribution is -0.111. The van der Waals surface area contributed by atoms with Crippen LogP contribution in [0.4, 0.5) is 5.69 Å². The molecule has 0 radical (unpaired) electrons. The highest BCUT2D eigenvalue weighted by molar-refractivity contribution is 6.01. The van der Waals surface area contributed by atoms with Crippen LogP contribution in [0.1, 0.15) is 42.9 Å². The van der Waals surface area contributed by atoms with E-state index in [0.717, 1.165) is 17.7 Å². The van der Waals surface area contributed by atoms with E-state index in [4.69, 9.17) is 0 Å². The molecule has 1 unspecified atom stereocenters. The summed E-state index contributed by atoms with van der Waals surface area (Å²) in [6.45, 7) is 6.43. The third-order valence-corrected chi connectivity index (χ3v) is 3.86. The highest BCUT2D eigenvalue weighted by Gasteiger charge is 2.03. The average molecular weight is 293 g/mol. The quantitative estimate of drug-likeness (QED) is 0.758. The van der Waals surface area contributed by atoms with Crippen molar-refractivity contribution in [2.24, 2.45) is 0 Å². The van der Waals surface area contributed by atoms with Gasteiger partial charge in [0.1, 0.15) is 0 Å². The summed E-state index contributed by atoms with van der Waals surface area (Å²) in [4.78, 5) is 11.9. The molecule has 1 atom stereocenters. The minimum absolute atomic E-state index is 0.114. The smallest absolute Gasteiger partial charge is 0.248 e. The highest BCUT2D eigenvalue weighted by Crippen LogP contribution is 2.20. The molecule has 1 amide bonds. The van der Waals surface area contributed by atoms with Crippen molar-refractivity contribution in [3.8, 4) is 0 Å². The predicted molar refractivity (Wildman–Crippen MR) is 94.0 cm³/mol. The first-order valence-corrected chi connectivity index (χ1v) is 7.74. The third kappa shape index (κ3) is 4.59. The van der Waals surface area contributed by atoms with E-state index < -0.39 is 0 Å². The Kier molecular flexibility index (Phi) is 5.54. The summed E-state index contributed by atoms with van der Waals surface area (Å²) in [6.07, 6.45) is 4.50. The molecule has 1 N–H and O–H groups in total. The first kappa shape index (κ1) is 16.0. The van der Waals surface area contributed by atoms with Crippen LogP contribution in [-0.4, -0.2) is 5.91 Å². The number of anilines is 1. The van der Waals surface area contributed by atoms with Crippen LogP contribution in [-0.2, 0) is 4.79 Å². The molecule has 0 spiro atoms. The number of aryl methyl sites for hydroxylation is 1. The zero-order valence-electron chi connectivity index (χ0n) is 13.5. The molecular formula is C20H23NO. The molecule has 2 nitrogen and oxygen atoms in total. The van der Waals surface area contributed by atoms with Gasteiger partial charge in [-0.3, -0.25) is 4.79 Å². The van der Waals surface area contributed by atoms with Crippen molar-refractivity contribution in [3.05, 3.63) is 71.3 Å². The van der Waals surface area contributed by atoms with Crippen molar-refractivity contribution in [1.29, 1.82) is 0 Å². The number of benzene rings is 2. The van der Waals surface area contributed by atoms with Crippen LogP contribution in [0.15, 0.2) is 54.6 Å². The minimum Gasteiger partial charge on any atom is -0.323 e. The number of nitrogens with one attached hydrogen (secondary N) is 1. The Balaban J connectivity index is 1.95. The van der Waals surface area contributed by atoms with Crippen molar-refractivity contribution < 1.29 is 4.79 Å². The molecule has 0 heterocycles. The topological polar surface area (TPSA) is 29.1 Å². The molecule has 0 aromatic heterocycles. The van der Waals surface area contributed by atoms with Crippen molar-refractivity contribution in [1.82, 2.24) is 0 Å². The highest BCUT2D eigenvalue weighted by atomic mass is 16.1. The summed E-state index contributed by atoms with van der Waals surface area (Å²) in [5.74, 6) is 0.433. The van der Waals surface area contributed by atoms with Gasteiger partial charge in [-0.1, -0.05) is 55.8 Å². The summed E-state index contributed by atoms with van der Waals surface area (Å²) in [5, 5.41) is 2.88. The largest absolute Gasteiger partial charge is 0.323 e. The molecule has 0 saturated heterocycles. The molecule has 2 heteroatoms. The fourth-order valence-electron chi connectivity index (χ4n) is 2.16. The van der Waals surface area contributed by atoms with Gasteiger partial charge < -0.3 is 5.32 Å². The van der Waals surface area contributed by atoms with Gasteiger partial charge in [0.25, 0.3) is 0 Å². The van der Waals surface area contributed by atoms with E-state index in [1.54, 1.807) is 6.08 Å². The molecule has 2 aromatic carbocycles. The minimum atomic E-state index is -0.114. The Morgan fingerprint density at radius 3 is 2.32 bits per heavy atom. The van der Waals surface area contributed by atoms with Gasteiger partial charge in [0.05, 0.1) is 0 Å². The molecule has 0 saturated carbocycles. The zero-order valence-corrected chi connectivity index (χ0v) is 13.5. The van der Waals surface area contributed by atoms with Crippen LogP contribution in [0.25, 0.3) is 6.08 Å². The van der Waals surface area contributed by atoms with Crippen LogP contribution in [0.5, 0.6) is 0 Å². The normalized spacial score (nSPS) is 12.3. The van der Waals surface area contributed by atoms with Gasteiger partial charge >= 0.3 is 0 Å².